The van der Waals surface area contributed by atoms with Crippen molar-refractivity contribution in [3.8, 4) is 5.75 Å². The van der Waals surface area contributed by atoms with Gasteiger partial charge in [-0.15, -0.1) is 13.2 Å². The van der Waals surface area contributed by atoms with Crippen molar-refractivity contribution in [1.82, 2.24) is 4.31 Å². The predicted molar refractivity (Wildman–Crippen MR) is 79.0 cm³/mol. The predicted octanol–water partition coefficient (Wildman–Crippen LogP) is 2.77. The average molecular weight is 365 g/mol. The Balaban J connectivity index is 1.62. The van der Waals surface area contributed by atoms with Gasteiger partial charge in [0, 0.05) is 19.7 Å². The van der Waals surface area contributed by atoms with Crippen LogP contribution >= 0.6 is 0 Å². The van der Waals surface area contributed by atoms with Gasteiger partial charge in [-0.3, -0.25) is 0 Å². The second-order valence-electron chi connectivity index (χ2n) is 6.07. The van der Waals surface area contributed by atoms with Crippen LogP contribution in [0.5, 0.6) is 5.75 Å². The highest BCUT2D eigenvalue weighted by atomic mass is 32.2. The average Bonchev–Trinajstić information content (AvgIpc) is 3.20. The maximum atomic E-state index is 12.5. The van der Waals surface area contributed by atoms with Crippen LogP contribution in [0.4, 0.5) is 13.2 Å². The summed E-state index contributed by atoms with van der Waals surface area (Å²) in [6, 6.07) is 4.23. The fourth-order valence-corrected chi connectivity index (χ4v) is 4.06. The van der Waals surface area contributed by atoms with E-state index in [1.54, 1.807) is 0 Å². The van der Waals surface area contributed by atoms with Crippen LogP contribution in [-0.4, -0.2) is 44.9 Å². The first-order valence-corrected chi connectivity index (χ1v) is 9.15. The van der Waals surface area contributed by atoms with Gasteiger partial charge in [-0.2, -0.15) is 4.31 Å². The second kappa shape index (κ2) is 6.53. The molecule has 5 nitrogen and oxygen atoms in total. The normalized spacial score (nSPS) is 22.7. The zero-order valence-electron chi connectivity index (χ0n) is 12.8. The Morgan fingerprint density at radius 1 is 1.12 bits per heavy atom. The number of hydrogen-bond acceptors (Lipinski definition) is 4. The van der Waals surface area contributed by atoms with Crippen LogP contribution < -0.4 is 4.74 Å². The molecule has 1 saturated carbocycles. The molecule has 134 valence electrons. The topological polar surface area (TPSA) is 55.8 Å². The fourth-order valence-electron chi connectivity index (χ4n) is 2.57. The lowest BCUT2D eigenvalue weighted by molar-refractivity contribution is -0.274. The van der Waals surface area contributed by atoms with E-state index < -0.39 is 22.1 Å². The van der Waals surface area contributed by atoms with Gasteiger partial charge in [0.1, 0.15) is 5.75 Å². The Kier molecular flexibility index (Phi) is 4.76. The Morgan fingerprint density at radius 3 is 2.38 bits per heavy atom. The Hall–Kier alpha value is -1.32. The molecule has 1 aromatic carbocycles. The van der Waals surface area contributed by atoms with E-state index in [4.69, 9.17) is 4.74 Å². The molecule has 0 aromatic heterocycles. The molecule has 2 fully saturated rings. The molecule has 1 atom stereocenters. The summed E-state index contributed by atoms with van der Waals surface area (Å²) in [7, 11) is -3.74. The highest BCUT2D eigenvalue weighted by molar-refractivity contribution is 7.89. The van der Waals surface area contributed by atoms with Crippen molar-refractivity contribution in [1.29, 1.82) is 0 Å². The van der Waals surface area contributed by atoms with Crippen molar-refractivity contribution in [2.75, 3.05) is 19.7 Å². The van der Waals surface area contributed by atoms with Crippen molar-refractivity contribution < 1.29 is 31.1 Å². The Morgan fingerprint density at radius 2 is 1.79 bits per heavy atom. The van der Waals surface area contributed by atoms with E-state index in [-0.39, 0.29) is 17.5 Å². The lowest BCUT2D eigenvalue weighted by atomic mass is 10.3. The third-order valence-corrected chi connectivity index (χ3v) is 5.95. The van der Waals surface area contributed by atoms with Crippen LogP contribution in [0.1, 0.15) is 19.3 Å². The molecule has 1 unspecified atom stereocenters. The first kappa shape index (κ1) is 17.5. The molecule has 0 amide bonds. The first-order chi connectivity index (χ1) is 11.2. The maximum Gasteiger partial charge on any atom is 0.573 e. The lowest BCUT2D eigenvalue weighted by Crippen LogP contribution is -2.30. The van der Waals surface area contributed by atoms with Crippen molar-refractivity contribution in [3.05, 3.63) is 24.3 Å². The smallest absolute Gasteiger partial charge is 0.406 e. The third-order valence-electron chi connectivity index (χ3n) is 4.07. The van der Waals surface area contributed by atoms with Gasteiger partial charge in [0.05, 0.1) is 11.0 Å². The molecule has 2 aliphatic rings. The summed E-state index contributed by atoms with van der Waals surface area (Å²) < 4.78 is 72.2. The van der Waals surface area contributed by atoms with E-state index in [0.29, 0.717) is 25.5 Å². The summed E-state index contributed by atoms with van der Waals surface area (Å²) in [5.74, 6) is 0.158. The Labute approximate surface area is 138 Å². The van der Waals surface area contributed by atoms with Crippen molar-refractivity contribution in [2.24, 2.45) is 5.92 Å². The van der Waals surface area contributed by atoms with Crippen LogP contribution in [-0.2, 0) is 14.8 Å². The number of ether oxygens (including phenoxy) is 2. The van der Waals surface area contributed by atoms with Crippen molar-refractivity contribution in [3.63, 3.8) is 0 Å². The highest BCUT2D eigenvalue weighted by Gasteiger charge is 2.35. The van der Waals surface area contributed by atoms with E-state index >= 15 is 0 Å². The molecule has 0 bridgehead atoms. The van der Waals surface area contributed by atoms with E-state index in [1.165, 1.54) is 17.1 Å². The number of nitrogens with zero attached hydrogens (tertiary/aromatic N) is 1. The van der Waals surface area contributed by atoms with Crippen LogP contribution in [0.15, 0.2) is 29.2 Å². The maximum absolute atomic E-state index is 12.5. The van der Waals surface area contributed by atoms with Crippen LogP contribution in [0, 0.1) is 5.92 Å². The molecular formula is C15H18F3NO4S. The van der Waals surface area contributed by atoms with Gasteiger partial charge in [-0.1, -0.05) is 0 Å². The molecule has 0 radical (unpaired) electrons. The molecule has 0 spiro atoms. The summed E-state index contributed by atoms with van der Waals surface area (Å²) in [5.41, 5.74) is 0. The monoisotopic (exact) mass is 365 g/mol. The molecular weight excluding hydrogens is 347 g/mol. The standard InChI is InChI=1S/C15H18F3NO4S/c16-15(17,18)23-12-3-5-14(6-4-12)24(20,21)19-8-7-13(9-19)22-10-11-1-2-11/h3-6,11,13H,1-2,7-10H2. The molecule has 9 heteroatoms. The largest absolute Gasteiger partial charge is 0.573 e. The second-order valence-corrected chi connectivity index (χ2v) is 8.01. The van der Waals surface area contributed by atoms with E-state index in [1.807, 2.05) is 0 Å². The molecule has 1 saturated heterocycles. The van der Waals surface area contributed by atoms with Crippen LogP contribution in [0.25, 0.3) is 0 Å². The van der Waals surface area contributed by atoms with Gasteiger partial charge in [0.15, 0.2) is 0 Å². The summed E-state index contributed by atoms with van der Waals surface area (Å²) in [6.07, 6.45) is -1.96. The number of hydrogen-bond donors (Lipinski definition) is 0. The summed E-state index contributed by atoms with van der Waals surface area (Å²) in [5, 5.41) is 0. The van der Waals surface area contributed by atoms with E-state index in [2.05, 4.69) is 4.74 Å². The Bertz CT molecular complexity index is 671. The van der Waals surface area contributed by atoms with Crippen LogP contribution in [0.3, 0.4) is 0 Å². The first-order valence-electron chi connectivity index (χ1n) is 7.71. The van der Waals surface area contributed by atoms with Gasteiger partial charge in [-0.25, -0.2) is 8.42 Å². The van der Waals surface area contributed by atoms with Crippen molar-refractivity contribution >= 4 is 10.0 Å². The molecule has 24 heavy (non-hydrogen) atoms. The van der Waals surface area contributed by atoms with Gasteiger partial charge in [0.25, 0.3) is 0 Å². The fraction of sp³-hybridized carbons (Fsp3) is 0.600. The minimum atomic E-state index is -4.80. The molecule has 1 aliphatic carbocycles. The van der Waals surface area contributed by atoms with Crippen molar-refractivity contribution in [2.45, 2.75) is 36.6 Å². The summed E-state index contributed by atoms with van der Waals surface area (Å²) in [6.45, 7) is 1.29. The number of halogens is 3. The molecule has 1 aromatic rings. The van der Waals surface area contributed by atoms with Gasteiger partial charge in [0.2, 0.25) is 10.0 Å². The molecule has 0 N–H and O–H groups in total. The molecule has 1 heterocycles. The number of sulfonamides is 1. The summed E-state index contributed by atoms with van der Waals surface area (Å²) in [4.78, 5) is -0.0557. The molecule has 3 rings (SSSR count). The van der Waals surface area contributed by atoms with E-state index in [9.17, 15) is 21.6 Å². The highest BCUT2D eigenvalue weighted by Crippen LogP contribution is 2.31. The number of rotatable bonds is 6. The minimum Gasteiger partial charge on any atom is -0.406 e. The lowest BCUT2D eigenvalue weighted by Gasteiger charge is -2.17. The van der Waals surface area contributed by atoms with Gasteiger partial charge >= 0.3 is 6.36 Å². The third kappa shape index (κ3) is 4.40. The van der Waals surface area contributed by atoms with Gasteiger partial charge in [-0.05, 0) is 49.4 Å². The van der Waals surface area contributed by atoms with Gasteiger partial charge < -0.3 is 9.47 Å². The molecule has 1 aliphatic heterocycles. The summed E-state index contributed by atoms with van der Waals surface area (Å²) >= 11 is 0. The van der Waals surface area contributed by atoms with Crippen LogP contribution in [0.2, 0.25) is 0 Å². The number of alkyl halides is 3. The number of benzene rings is 1. The minimum absolute atomic E-state index is 0.0557. The SMILES string of the molecule is O=S(=O)(c1ccc(OC(F)(F)F)cc1)N1CCC(OCC2CC2)C1. The quantitative estimate of drug-likeness (QED) is 0.778. The zero-order chi connectivity index (χ0) is 17.4. The zero-order valence-corrected chi connectivity index (χ0v) is 13.6. The van der Waals surface area contributed by atoms with E-state index in [0.717, 1.165) is 24.3 Å².